The second kappa shape index (κ2) is 10.4. The Morgan fingerprint density at radius 2 is 0.911 bits per heavy atom. The van der Waals surface area contributed by atoms with Gasteiger partial charge in [-0.25, -0.2) is 0 Å². The zero-order valence-corrected chi connectivity index (χ0v) is 24.3. The van der Waals surface area contributed by atoms with Crippen LogP contribution in [0.15, 0.2) is 174 Å². The summed E-state index contributed by atoms with van der Waals surface area (Å²) in [5, 5.41) is 5.91. The largest absolute Gasteiger partial charge is 0.456 e. The van der Waals surface area contributed by atoms with Gasteiger partial charge >= 0.3 is 0 Å². The van der Waals surface area contributed by atoms with Gasteiger partial charge in [0.25, 0.3) is 0 Å². The fourth-order valence-electron chi connectivity index (χ4n) is 6.77. The summed E-state index contributed by atoms with van der Waals surface area (Å²) >= 11 is 0. The minimum atomic E-state index is -0.252. The monoisotopic (exact) mass is 576 g/mol. The van der Waals surface area contributed by atoms with Crippen LogP contribution in [0, 0.1) is 0 Å². The molecule has 0 unspecified atom stereocenters. The molecule has 0 atom stereocenters. The van der Waals surface area contributed by atoms with Crippen LogP contribution in [-0.2, 0) is 0 Å². The van der Waals surface area contributed by atoms with Crippen molar-refractivity contribution in [2.75, 3.05) is 0 Å². The molecule has 45 heavy (non-hydrogen) atoms. The smallest absolute Gasteiger partial charge is 0.135 e. The highest BCUT2D eigenvalue weighted by Gasteiger charge is 2.20. The molecule has 1 nitrogen and oxygen atoms in total. The Bertz CT molecular complexity index is 2750. The predicted octanol–water partition coefficient (Wildman–Crippen LogP) is 12.6. The van der Waals surface area contributed by atoms with Crippen molar-refractivity contribution in [3.63, 3.8) is 0 Å². The molecule has 0 aliphatic rings. The number of fused-ring (bicyclic) bond motifs is 5. The quantitative estimate of drug-likeness (QED) is 0.190. The van der Waals surface area contributed by atoms with Crippen LogP contribution in [0.3, 0.4) is 0 Å². The molecule has 0 spiro atoms. The van der Waals surface area contributed by atoms with Crippen molar-refractivity contribution in [3.05, 3.63) is 170 Å². The number of hydrogen-bond acceptors (Lipinski definition) is 1. The van der Waals surface area contributed by atoms with E-state index in [-0.39, 0.29) is 24.2 Å². The molecule has 1 aromatic heterocycles. The first-order valence-corrected chi connectivity index (χ1v) is 15.1. The highest BCUT2D eigenvalue weighted by Crippen LogP contribution is 2.47. The number of rotatable bonds is 4. The van der Waals surface area contributed by atoms with Gasteiger partial charge in [0.2, 0.25) is 0 Å². The van der Waals surface area contributed by atoms with Crippen molar-refractivity contribution < 1.29 is 9.90 Å². The molecule has 0 aliphatic heterocycles. The zero-order valence-electron chi connectivity index (χ0n) is 28.3. The molecule has 0 bridgehead atoms. The fraction of sp³-hybridized carbons (Fsp3) is 0. The summed E-state index contributed by atoms with van der Waals surface area (Å²) in [4.78, 5) is 0. The Morgan fingerprint density at radius 1 is 0.356 bits per heavy atom. The molecule has 210 valence electrons. The van der Waals surface area contributed by atoms with E-state index in [9.17, 15) is 1.37 Å². The Labute approximate surface area is 267 Å². The fourth-order valence-corrected chi connectivity index (χ4v) is 6.77. The highest BCUT2D eigenvalue weighted by atomic mass is 16.3. The normalized spacial score (nSPS) is 12.8. The maximum atomic E-state index is 9.39. The van der Waals surface area contributed by atoms with Gasteiger partial charge in [0, 0.05) is 10.8 Å². The number of hydrogen-bond donors (Lipinski definition) is 0. The maximum absolute atomic E-state index is 9.39. The molecule has 0 amide bonds. The zero-order chi connectivity index (χ0) is 33.2. The Morgan fingerprint density at radius 3 is 1.69 bits per heavy atom. The van der Waals surface area contributed by atoms with Gasteiger partial charge in [0.15, 0.2) is 0 Å². The summed E-state index contributed by atoms with van der Waals surface area (Å²) in [6.45, 7) is 0. The first kappa shape index (κ1) is 21.7. The van der Waals surface area contributed by atoms with E-state index in [1.807, 2.05) is 84.9 Å². The molecule has 0 saturated heterocycles. The van der Waals surface area contributed by atoms with Crippen molar-refractivity contribution in [2.45, 2.75) is 0 Å². The highest BCUT2D eigenvalue weighted by molar-refractivity contribution is 6.23. The van der Waals surface area contributed by atoms with Gasteiger partial charge < -0.3 is 4.42 Å². The first-order chi connectivity index (χ1) is 24.0. The maximum Gasteiger partial charge on any atom is 0.135 e. The van der Waals surface area contributed by atoms with E-state index in [0.717, 1.165) is 76.9 Å². The van der Waals surface area contributed by atoms with Crippen LogP contribution < -0.4 is 0 Å². The third-order valence-corrected chi connectivity index (χ3v) is 8.80. The summed E-state index contributed by atoms with van der Waals surface area (Å²) in [5.74, 6) is 0. The Hall–Kier alpha value is -5.92. The molecule has 0 fully saturated rings. The van der Waals surface area contributed by atoms with E-state index in [1.165, 1.54) is 0 Å². The van der Waals surface area contributed by atoms with Gasteiger partial charge in [-0.15, -0.1) is 0 Å². The number of benzene rings is 8. The average molecular weight is 577 g/mol. The van der Waals surface area contributed by atoms with Crippen LogP contribution >= 0.6 is 0 Å². The van der Waals surface area contributed by atoms with Crippen molar-refractivity contribution in [3.8, 4) is 44.5 Å². The van der Waals surface area contributed by atoms with E-state index in [1.54, 1.807) is 0 Å². The van der Waals surface area contributed by atoms with E-state index in [2.05, 4.69) is 60.7 Å². The van der Waals surface area contributed by atoms with Crippen LogP contribution in [0.4, 0.5) is 0 Å². The SMILES string of the molecule is [2H]c1c([2H])c([2H])c(-c2c3ccccc3c(-c3ccc4oc5ccccc5c4c3)c3ccc(-c4ccccc4)cc23)c(-c2ccccc2)c1[2H]. The van der Waals surface area contributed by atoms with Gasteiger partial charge in [-0.2, -0.15) is 0 Å². The molecule has 1 heteroatoms. The third kappa shape index (κ3) is 4.17. The lowest BCUT2D eigenvalue weighted by Crippen LogP contribution is -1.93. The molecule has 1 heterocycles. The van der Waals surface area contributed by atoms with Gasteiger partial charge in [-0.1, -0.05) is 145 Å². The molecular weight excluding hydrogens is 544 g/mol. The summed E-state index contributed by atoms with van der Waals surface area (Å²) in [5.41, 5.74) is 8.36. The number of para-hydroxylation sites is 1. The van der Waals surface area contributed by atoms with Crippen LogP contribution in [0.1, 0.15) is 5.48 Å². The minimum absolute atomic E-state index is 0.0555. The van der Waals surface area contributed by atoms with Crippen molar-refractivity contribution >= 4 is 43.5 Å². The third-order valence-electron chi connectivity index (χ3n) is 8.80. The predicted molar refractivity (Wildman–Crippen MR) is 190 cm³/mol. The second-order valence-electron chi connectivity index (χ2n) is 11.3. The summed E-state index contributed by atoms with van der Waals surface area (Å²) < 4.78 is 42.2. The van der Waals surface area contributed by atoms with Gasteiger partial charge in [-0.05, 0) is 90.3 Å². The standard InChI is InChI=1S/C44H28O/c1-3-13-29(14-4-1)31-23-25-38-40(27-31)44(35-19-8-7-17-33(35)30-15-5-2-6-16-30)37-21-10-9-20-36(37)43(38)32-24-26-42-39(28-32)34-18-11-12-22-41(34)45-42/h1-28H/i7D,8D,17D,19D. The molecular formula is C44H28O. The number of furan rings is 1. The Balaban J connectivity index is 1.47. The first-order valence-electron chi connectivity index (χ1n) is 17.1. The van der Waals surface area contributed by atoms with Crippen molar-refractivity contribution in [2.24, 2.45) is 0 Å². The second-order valence-corrected chi connectivity index (χ2v) is 11.3. The molecule has 0 saturated carbocycles. The topological polar surface area (TPSA) is 13.1 Å². The molecule has 9 rings (SSSR count). The van der Waals surface area contributed by atoms with E-state index in [4.69, 9.17) is 8.53 Å². The lowest BCUT2D eigenvalue weighted by atomic mass is 9.83. The van der Waals surface area contributed by atoms with Crippen LogP contribution in [0.25, 0.3) is 88.0 Å². The lowest BCUT2D eigenvalue weighted by Gasteiger charge is -2.20. The van der Waals surface area contributed by atoms with Crippen LogP contribution in [0.2, 0.25) is 0 Å². The van der Waals surface area contributed by atoms with Gasteiger partial charge in [0.05, 0.1) is 5.48 Å². The van der Waals surface area contributed by atoms with Crippen LogP contribution in [0.5, 0.6) is 0 Å². The molecule has 0 radical (unpaired) electrons. The summed E-state index contributed by atoms with van der Waals surface area (Å²) in [6.07, 6.45) is 0. The van der Waals surface area contributed by atoms with Crippen molar-refractivity contribution in [1.82, 2.24) is 0 Å². The van der Waals surface area contributed by atoms with Gasteiger partial charge in [0.1, 0.15) is 11.2 Å². The van der Waals surface area contributed by atoms with Gasteiger partial charge in [-0.3, -0.25) is 0 Å². The lowest BCUT2D eigenvalue weighted by molar-refractivity contribution is 0.669. The summed E-state index contributed by atoms with van der Waals surface area (Å²) in [6, 6.07) is 48.3. The minimum Gasteiger partial charge on any atom is -0.456 e. The molecule has 0 aliphatic carbocycles. The summed E-state index contributed by atoms with van der Waals surface area (Å²) in [7, 11) is 0. The van der Waals surface area contributed by atoms with E-state index in [0.29, 0.717) is 11.1 Å². The van der Waals surface area contributed by atoms with E-state index < -0.39 is 0 Å². The molecule has 8 aromatic carbocycles. The van der Waals surface area contributed by atoms with Crippen LogP contribution in [-0.4, -0.2) is 0 Å². The molecule has 0 N–H and O–H groups in total. The molecule has 9 aromatic rings. The van der Waals surface area contributed by atoms with Crippen molar-refractivity contribution in [1.29, 1.82) is 0 Å². The van der Waals surface area contributed by atoms with E-state index >= 15 is 0 Å². The Kier molecular flexibility index (Phi) is 5.00. The average Bonchev–Trinajstić information content (AvgIpc) is 3.53.